The fourth-order valence-electron chi connectivity index (χ4n) is 9.24. The average molecular weight is 530 g/mol. The molecule has 4 rings (SSSR count). The lowest BCUT2D eigenvalue weighted by molar-refractivity contribution is -0.172. The molecule has 36 heavy (non-hydrogen) atoms. The van der Waals surface area contributed by atoms with Crippen molar-refractivity contribution in [2.45, 2.75) is 97.2 Å². The Morgan fingerprint density at radius 3 is 2.39 bits per heavy atom. The molecule has 4 fully saturated rings. The molecule has 0 spiro atoms. The largest absolute Gasteiger partial charge is 0.480 e. The molecule has 4 aliphatic rings. The molecule has 9 nitrogen and oxygen atoms in total. The normalized spacial score (nSPS) is 43.1. The minimum absolute atomic E-state index is 0.0240. The van der Waals surface area contributed by atoms with Crippen molar-refractivity contribution in [2.75, 3.05) is 6.54 Å². The summed E-state index contributed by atoms with van der Waals surface area (Å²) in [5.74, 6) is 0.732. The molecular weight excluding hydrogens is 486 g/mol. The predicted octanol–water partition coefficient (Wildman–Crippen LogP) is 3.42. The van der Waals surface area contributed by atoms with Crippen LogP contribution in [0.25, 0.3) is 0 Å². The summed E-state index contributed by atoms with van der Waals surface area (Å²) < 4.78 is 36.6. The Labute approximate surface area is 214 Å². The second-order valence-corrected chi connectivity index (χ2v) is 13.7. The molecule has 0 aromatic carbocycles. The Morgan fingerprint density at radius 2 is 1.72 bits per heavy atom. The maximum absolute atomic E-state index is 12.1. The molecule has 10 heteroatoms. The second-order valence-electron chi connectivity index (χ2n) is 12.6. The zero-order valence-corrected chi connectivity index (χ0v) is 22.5. The number of carboxylic acids is 1. The number of carboxylic acid groups (broad SMARTS) is 1. The highest BCUT2D eigenvalue weighted by molar-refractivity contribution is 7.80. The van der Waals surface area contributed by atoms with Gasteiger partial charge in [-0.15, -0.1) is 0 Å². The summed E-state index contributed by atoms with van der Waals surface area (Å²) in [6, 6.07) is 0. The molecule has 4 aliphatic carbocycles. The highest BCUT2D eigenvalue weighted by Crippen LogP contribution is 2.68. The fourth-order valence-corrected chi connectivity index (χ4v) is 9.76. The van der Waals surface area contributed by atoms with E-state index in [1.165, 1.54) is 0 Å². The molecule has 4 saturated carbocycles. The summed E-state index contributed by atoms with van der Waals surface area (Å²) in [5, 5.41) is 22.7. The van der Waals surface area contributed by atoms with Gasteiger partial charge >= 0.3 is 16.4 Å². The maximum atomic E-state index is 12.1. The van der Waals surface area contributed by atoms with E-state index >= 15 is 0 Å². The van der Waals surface area contributed by atoms with Gasteiger partial charge in [-0.3, -0.25) is 14.1 Å². The first-order chi connectivity index (χ1) is 16.7. The molecule has 0 saturated heterocycles. The third-order valence-corrected chi connectivity index (χ3v) is 11.4. The Balaban J connectivity index is 1.43. The topological polar surface area (TPSA) is 150 Å². The highest BCUT2D eigenvalue weighted by Gasteiger charge is 2.63. The van der Waals surface area contributed by atoms with Gasteiger partial charge in [0.25, 0.3) is 0 Å². The van der Waals surface area contributed by atoms with Crippen LogP contribution < -0.4 is 5.32 Å². The molecule has 206 valence electrons. The van der Waals surface area contributed by atoms with Gasteiger partial charge in [-0.1, -0.05) is 20.8 Å². The van der Waals surface area contributed by atoms with Crippen molar-refractivity contribution in [3.8, 4) is 0 Å². The molecule has 0 aromatic heterocycles. The summed E-state index contributed by atoms with van der Waals surface area (Å²) in [7, 11) is -4.48. The molecular formula is C26H43NO8S. The van der Waals surface area contributed by atoms with Crippen LogP contribution in [0.15, 0.2) is 0 Å². The fraction of sp³-hybridized carbons (Fsp3) is 0.923. The van der Waals surface area contributed by atoms with Crippen molar-refractivity contribution >= 4 is 22.3 Å². The first-order valence-electron chi connectivity index (χ1n) is 13.6. The van der Waals surface area contributed by atoms with E-state index in [1.54, 1.807) is 0 Å². The standard InChI is InChI=1S/C26H43NO8S/c1-15(4-7-22(29)27-14-23(30)31)18-5-6-19-24-20(9-11-26(18,19)3)25(2)10-8-17(35-36(32,33)34)12-16(25)13-21(24)28/h15-21,24,28H,4-14H2,1-3H3,(H,27,29)(H,30,31)(H,32,33,34)/t15-,16+,17-,18?,19?,20?,21-,24?,25+,26-/m1/s1. The minimum atomic E-state index is -4.48. The average Bonchev–Trinajstić information content (AvgIpc) is 3.13. The van der Waals surface area contributed by atoms with Gasteiger partial charge in [0.15, 0.2) is 0 Å². The van der Waals surface area contributed by atoms with Crippen molar-refractivity contribution in [2.24, 2.45) is 46.3 Å². The molecule has 4 unspecified atom stereocenters. The Bertz CT molecular complexity index is 956. The van der Waals surface area contributed by atoms with Crippen LogP contribution in [-0.2, 0) is 24.2 Å². The summed E-state index contributed by atoms with van der Waals surface area (Å²) in [6.45, 7) is 6.56. The lowest BCUT2D eigenvalue weighted by Gasteiger charge is -2.62. The molecule has 0 aliphatic heterocycles. The first kappa shape index (κ1) is 27.8. The van der Waals surface area contributed by atoms with Gasteiger partial charge in [-0.25, -0.2) is 4.18 Å². The first-order valence-corrected chi connectivity index (χ1v) is 14.9. The number of carbonyl (C=O) groups is 2. The van der Waals surface area contributed by atoms with Crippen molar-refractivity contribution in [1.82, 2.24) is 5.32 Å². The van der Waals surface area contributed by atoms with Crippen molar-refractivity contribution < 1.29 is 37.0 Å². The zero-order valence-electron chi connectivity index (χ0n) is 21.7. The Morgan fingerprint density at radius 1 is 1.06 bits per heavy atom. The van der Waals surface area contributed by atoms with E-state index in [1.807, 2.05) is 0 Å². The monoisotopic (exact) mass is 529 g/mol. The number of hydrogen-bond acceptors (Lipinski definition) is 6. The van der Waals surface area contributed by atoms with Crippen LogP contribution in [0.3, 0.4) is 0 Å². The van der Waals surface area contributed by atoms with E-state index in [0.717, 1.165) is 38.5 Å². The van der Waals surface area contributed by atoms with Crippen LogP contribution in [0, 0.1) is 46.3 Å². The number of aliphatic carboxylic acids is 1. The van der Waals surface area contributed by atoms with Gasteiger partial charge < -0.3 is 15.5 Å². The molecule has 1 amide bonds. The third-order valence-electron chi connectivity index (χ3n) is 10.9. The Hall–Kier alpha value is -1.23. The predicted molar refractivity (Wildman–Crippen MR) is 132 cm³/mol. The van der Waals surface area contributed by atoms with Gasteiger partial charge in [0.2, 0.25) is 5.91 Å². The molecule has 0 aromatic rings. The smallest absolute Gasteiger partial charge is 0.397 e. The lowest BCUT2D eigenvalue weighted by Crippen LogP contribution is -2.58. The van der Waals surface area contributed by atoms with E-state index in [-0.39, 0.29) is 35.1 Å². The highest BCUT2D eigenvalue weighted by atomic mass is 32.3. The van der Waals surface area contributed by atoms with Gasteiger partial charge in [0.1, 0.15) is 6.54 Å². The summed E-state index contributed by atoms with van der Waals surface area (Å²) >= 11 is 0. The van der Waals surface area contributed by atoms with E-state index in [9.17, 15) is 23.1 Å². The number of aliphatic hydroxyl groups is 1. The number of fused-ring (bicyclic) bond motifs is 5. The molecule has 0 radical (unpaired) electrons. The van der Waals surface area contributed by atoms with Crippen molar-refractivity contribution in [3.05, 3.63) is 0 Å². The summed E-state index contributed by atoms with van der Waals surface area (Å²) in [6.07, 6.45) is 6.98. The maximum Gasteiger partial charge on any atom is 0.397 e. The summed E-state index contributed by atoms with van der Waals surface area (Å²) in [4.78, 5) is 22.8. The van der Waals surface area contributed by atoms with Gasteiger partial charge in [-0.2, -0.15) is 8.42 Å². The van der Waals surface area contributed by atoms with E-state index in [0.29, 0.717) is 49.4 Å². The minimum Gasteiger partial charge on any atom is -0.480 e. The van der Waals surface area contributed by atoms with Crippen LogP contribution in [0.4, 0.5) is 0 Å². The number of hydrogen-bond donors (Lipinski definition) is 4. The number of nitrogens with one attached hydrogen (secondary N) is 1. The van der Waals surface area contributed by atoms with Crippen LogP contribution in [-0.4, -0.2) is 53.8 Å². The summed E-state index contributed by atoms with van der Waals surface area (Å²) in [5.41, 5.74) is 0.129. The van der Waals surface area contributed by atoms with Gasteiger partial charge in [0, 0.05) is 6.42 Å². The number of amides is 1. The van der Waals surface area contributed by atoms with E-state index in [4.69, 9.17) is 13.8 Å². The van der Waals surface area contributed by atoms with E-state index in [2.05, 4.69) is 26.1 Å². The number of aliphatic hydroxyl groups excluding tert-OH is 1. The van der Waals surface area contributed by atoms with Crippen molar-refractivity contribution in [1.29, 1.82) is 0 Å². The van der Waals surface area contributed by atoms with E-state index < -0.39 is 28.6 Å². The lowest BCUT2D eigenvalue weighted by atomic mass is 9.43. The SMILES string of the molecule is C[C@H](CCC(=O)NCC(=O)O)C1CCC2C3C(CC[C@@]21C)[C@@]1(C)CC[C@@H](OS(=O)(=O)O)C[C@H]1C[C@H]3O. The van der Waals surface area contributed by atoms with Gasteiger partial charge in [0.05, 0.1) is 12.2 Å². The van der Waals surface area contributed by atoms with Crippen LogP contribution in [0.5, 0.6) is 0 Å². The van der Waals surface area contributed by atoms with Crippen LogP contribution in [0.2, 0.25) is 0 Å². The second kappa shape index (κ2) is 10.2. The zero-order chi connectivity index (χ0) is 26.5. The Kier molecular flexibility index (Phi) is 7.84. The molecule has 0 heterocycles. The van der Waals surface area contributed by atoms with Crippen LogP contribution >= 0.6 is 0 Å². The molecule has 0 bridgehead atoms. The molecule has 4 N–H and O–H groups in total. The third kappa shape index (κ3) is 5.33. The quantitative estimate of drug-likeness (QED) is 0.349. The van der Waals surface area contributed by atoms with Crippen molar-refractivity contribution in [3.63, 3.8) is 0 Å². The molecule has 10 atom stereocenters. The number of rotatable bonds is 8. The van der Waals surface area contributed by atoms with Gasteiger partial charge in [-0.05, 0) is 104 Å². The number of carbonyl (C=O) groups excluding carboxylic acids is 1. The van der Waals surface area contributed by atoms with Crippen LogP contribution in [0.1, 0.15) is 85.0 Å².